The molecule has 0 saturated carbocycles. The summed E-state index contributed by atoms with van der Waals surface area (Å²) < 4.78 is 10.2. The summed E-state index contributed by atoms with van der Waals surface area (Å²) in [4.78, 5) is 10.6. The van der Waals surface area contributed by atoms with Gasteiger partial charge in [-0.25, -0.2) is 0 Å². The van der Waals surface area contributed by atoms with Gasteiger partial charge in [0.2, 0.25) is 0 Å². The highest BCUT2D eigenvalue weighted by Crippen LogP contribution is 2.28. The number of benzene rings is 1. The average Bonchev–Trinajstić information content (AvgIpc) is 2.20. The molecule has 0 aliphatic rings. The largest absolute Gasteiger partial charge is 0.497 e. The Bertz CT molecular complexity index is 371. The Hall–Kier alpha value is -1.71. The number of methoxy groups -OCH3 is 2. The number of carboxylic acids is 1. The predicted molar refractivity (Wildman–Crippen MR) is 55.6 cm³/mol. The monoisotopic (exact) mass is 210 g/mol. The lowest BCUT2D eigenvalue weighted by atomic mass is 10.0. The molecule has 0 bridgehead atoms. The Morgan fingerprint density at radius 1 is 1.33 bits per heavy atom. The molecule has 0 heterocycles. The van der Waals surface area contributed by atoms with Crippen molar-refractivity contribution >= 4 is 5.97 Å². The summed E-state index contributed by atoms with van der Waals surface area (Å²) in [5.41, 5.74) is 1.54. The van der Waals surface area contributed by atoms with Crippen molar-refractivity contribution in [3.63, 3.8) is 0 Å². The number of hydrogen-bond donors (Lipinski definition) is 1. The van der Waals surface area contributed by atoms with E-state index in [1.54, 1.807) is 19.2 Å². The number of aliphatic carboxylic acids is 1. The Balaban J connectivity index is 3.17. The molecule has 15 heavy (non-hydrogen) atoms. The van der Waals surface area contributed by atoms with E-state index in [2.05, 4.69) is 0 Å². The number of carboxylic acid groups (broad SMARTS) is 1. The van der Waals surface area contributed by atoms with Gasteiger partial charge in [-0.3, -0.25) is 4.79 Å². The topological polar surface area (TPSA) is 55.8 Å². The van der Waals surface area contributed by atoms with Crippen LogP contribution in [0, 0.1) is 6.92 Å². The van der Waals surface area contributed by atoms with Gasteiger partial charge in [0, 0.05) is 6.07 Å². The molecule has 0 aromatic heterocycles. The van der Waals surface area contributed by atoms with Crippen LogP contribution in [0.3, 0.4) is 0 Å². The second-order valence-corrected chi connectivity index (χ2v) is 3.18. The molecule has 0 unspecified atom stereocenters. The third kappa shape index (κ3) is 2.62. The van der Waals surface area contributed by atoms with Gasteiger partial charge < -0.3 is 14.6 Å². The number of hydrogen-bond acceptors (Lipinski definition) is 3. The first kappa shape index (κ1) is 11.4. The van der Waals surface area contributed by atoms with Crippen molar-refractivity contribution in [3.05, 3.63) is 23.3 Å². The minimum absolute atomic E-state index is 0.0284. The fourth-order valence-electron chi connectivity index (χ4n) is 1.39. The third-order valence-electron chi connectivity index (χ3n) is 2.24. The molecule has 0 saturated heterocycles. The van der Waals surface area contributed by atoms with Crippen molar-refractivity contribution < 1.29 is 19.4 Å². The van der Waals surface area contributed by atoms with Crippen LogP contribution in [-0.2, 0) is 11.2 Å². The molecule has 82 valence electrons. The van der Waals surface area contributed by atoms with Crippen LogP contribution in [0.4, 0.5) is 0 Å². The fraction of sp³-hybridized carbons (Fsp3) is 0.364. The fourth-order valence-corrected chi connectivity index (χ4v) is 1.39. The average molecular weight is 210 g/mol. The van der Waals surface area contributed by atoms with E-state index in [-0.39, 0.29) is 6.42 Å². The zero-order chi connectivity index (χ0) is 11.4. The standard InChI is InChI=1S/C11H14O4/c1-7-8(5-11(12)13)4-9(14-2)6-10(7)15-3/h4,6H,5H2,1-3H3,(H,12,13). The molecule has 1 N–H and O–H groups in total. The van der Waals surface area contributed by atoms with Crippen molar-refractivity contribution in [2.75, 3.05) is 14.2 Å². The van der Waals surface area contributed by atoms with E-state index < -0.39 is 5.97 Å². The van der Waals surface area contributed by atoms with Gasteiger partial charge in [0.1, 0.15) is 11.5 Å². The lowest BCUT2D eigenvalue weighted by Gasteiger charge is -2.11. The van der Waals surface area contributed by atoms with Gasteiger partial charge in [-0.15, -0.1) is 0 Å². The summed E-state index contributed by atoms with van der Waals surface area (Å²) in [6, 6.07) is 3.45. The van der Waals surface area contributed by atoms with Crippen molar-refractivity contribution in [2.45, 2.75) is 13.3 Å². The minimum Gasteiger partial charge on any atom is -0.497 e. The molecule has 0 amide bonds. The maximum absolute atomic E-state index is 10.6. The van der Waals surface area contributed by atoms with E-state index in [0.29, 0.717) is 17.1 Å². The van der Waals surface area contributed by atoms with Gasteiger partial charge in [0.05, 0.1) is 20.6 Å². The van der Waals surface area contributed by atoms with Crippen molar-refractivity contribution in [1.82, 2.24) is 0 Å². The van der Waals surface area contributed by atoms with E-state index in [1.807, 2.05) is 6.92 Å². The van der Waals surface area contributed by atoms with Gasteiger partial charge >= 0.3 is 5.97 Å². The van der Waals surface area contributed by atoms with Crippen molar-refractivity contribution in [1.29, 1.82) is 0 Å². The van der Waals surface area contributed by atoms with Gasteiger partial charge in [-0.2, -0.15) is 0 Å². The molecule has 1 aromatic carbocycles. The molecular weight excluding hydrogens is 196 g/mol. The highest BCUT2D eigenvalue weighted by molar-refractivity contribution is 5.71. The Morgan fingerprint density at radius 3 is 2.47 bits per heavy atom. The summed E-state index contributed by atoms with van der Waals surface area (Å²) in [6.07, 6.45) is -0.0284. The van der Waals surface area contributed by atoms with Crippen molar-refractivity contribution in [2.24, 2.45) is 0 Å². The second kappa shape index (κ2) is 4.68. The molecule has 0 radical (unpaired) electrons. The Morgan fingerprint density at radius 2 is 2.00 bits per heavy atom. The molecule has 0 aliphatic heterocycles. The molecule has 0 fully saturated rings. The quantitative estimate of drug-likeness (QED) is 0.820. The van der Waals surface area contributed by atoms with E-state index in [4.69, 9.17) is 14.6 Å². The van der Waals surface area contributed by atoms with Gasteiger partial charge in [0.25, 0.3) is 0 Å². The van der Waals surface area contributed by atoms with Crippen LogP contribution in [-0.4, -0.2) is 25.3 Å². The van der Waals surface area contributed by atoms with Crippen LogP contribution in [0.25, 0.3) is 0 Å². The molecule has 1 aromatic rings. The zero-order valence-electron chi connectivity index (χ0n) is 9.03. The SMILES string of the molecule is COc1cc(CC(=O)O)c(C)c(OC)c1. The van der Waals surface area contributed by atoms with Crippen LogP contribution in [0.2, 0.25) is 0 Å². The summed E-state index contributed by atoms with van der Waals surface area (Å²) >= 11 is 0. The van der Waals surface area contributed by atoms with E-state index >= 15 is 0 Å². The van der Waals surface area contributed by atoms with Crippen LogP contribution in [0.1, 0.15) is 11.1 Å². The first-order valence-corrected chi connectivity index (χ1v) is 4.51. The van der Waals surface area contributed by atoms with E-state index in [0.717, 1.165) is 5.56 Å². The second-order valence-electron chi connectivity index (χ2n) is 3.18. The Kier molecular flexibility index (Phi) is 3.55. The summed E-state index contributed by atoms with van der Waals surface area (Å²) in [5, 5.41) is 8.74. The first-order chi connectivity index (χ1) is 7.08. The van der Waals surface area contributed by atoms with Gasteiger partial charge in [0.15, 0.2) is 0 Å². The highest BCUT2D eigenvalue weighted by atomic mass is 16.5. The Labute approximate surface area is 88.4 Å². The zero-order valence-corrected chi connectivity index (χ0v) is 9.03. The van der Waals surface area contributed by atoms with Gasteiger partial charge in [-0.1, -0.05) is 0 Å². The number of rotatable bonds is 4. The normalized spacial score (nSPS) is 9.80. The van der Waals surface area contributed by atoms with Crippen molar-refractivity contribution in [3.8, 4) is 11.5 Å². The maximum atomic E-state index is 10.6. The van der Waals surface area contributed by atoms with E-state index in [9.17, 15) is 4.79 Å². The van der Waals surface area contributed by atoms with Crippen LogP contribution in [0.15, 0.2) is 12.1 Å². The predicted octanol–water partition coefficient (Wildman–Crippen LogP) is 1.64. The molecular formula is C11H14O4. The number of ether oxygens (including phenoxy) is 2. The molecule has 1 rings (SSSR count). The molecule has 0 atom stereocenters. The highest BCUT2D eigenvalue weighted by Gasteiger charge is 2.10. The molecule has 0 aliphatic carbocycles. The number of carbonyl (C=O) groups is 1. The van der Waals surface area contributed by atoms with E-state index in [1.165, 1.54) is 7.11 Å². The van der Waals surface area contributed by atoms with Gasteiger partial charge in [-0.05, 0) is 24.1 Å². The van der Waals surface area contributed by atoms with Crippen LogP contribution < -0.4 is 9.47 Å². The van der Waals surface area contributed by atoms with Crippen LogP contribution in [0.5, 0.6) is 11.5 Å². The summed E-state index contributed by atoms with van der Waals surface area (Å²) in [6.45, 7) is 1.83. The summed E-state index contributed by atoms with van der Waals surface area (Å²) in [7, 11) is 3.08. The molecule has 0 spiro atoms. The summed E-state index contributed by atoms with van der Waals surface area (Å²) in [5.74, 6) is 0.382. The minimum atomic E-state index is -0.867. The smallest absolute Gasteiger partial charge is 0.307 e. The molecule has 4 nitrogen and oxygen atoms in total. The lowest BCUT2D eigenvalue weighted by Crippen LogP contribution is -2.03. The molecule has 4 heteroatoms. The third-order valence-corrected chi connectivity index (χ3v) is 2.24. The first-order valence-electron chi connectivity index (χ1n) is 4.51. The maximum Gasteiger partial charge on any atom is 0.307 e. The lowest BCUT2D eigenvalue weighted by molar-refractivity contribution is -0.136. The van der Waals surface area contributed by atoms with Crippen LogP contribution >= 0.6 is 0 Å².